The van der Waals surface area contributed by atoms with Gasteiger partial charge < -0.3 is 5.11 Å². The number of aromatic hydroxyl groups is 1. The molecule has 1 aromatic rings. The number of hydrogen-bond acceptors (Lipinski definition) is 3. The second-order valence-corrected chi connectivity index (χ2v) is 10.4. The highest BCUT2D eigenvalue weighted by molar-refractivity contribution is 7.85. The van der Waals surface area contributed by atoms with E-state index in [-0.39, 0.29) is 10.6 Å². The topological polar surface area (TPSA) is 74.6 Å². The molecule has 0 spiro atoms. The summed E-state index contributed by atoms with van der Waals surface area (Å²) in [5, 5.41) is 9.92. The van der Waals surface area contributed by atoms with E-state index in [9.17, 15) is 18.1 Å². The molecule has 0 aliphatic rings. The highest BCUT2D eigenvalue weighted by Gasteiger charge is 2.17. The number of phenolic OH excluding ortho intramolecular Hbond substituents is 1. The summed E-state index contributed by atoms with van der Waals surface area (Å²) in [6.45, 7) is 2.27. The van der Waals surface area contributed by atoms with Crippen LogP contribution >= 0.6 is 0 Å². The van der Waals surface area contributed by atoms with Gasteiger partial charge in [-0.05, 0) is 25.0 Å². The molecule has 0 heterocycles. The van der Waals surface area contributed by atoms with Crippen molar-refractivity contribution in [3.63, 3.8) is 0 Å². The molecule has 0 aliphatic heterocycles. The van der Waals surface area contributed by atoms with Gasteiger partial charge in [0.2, 0.25) is 0 Å². The molecule has 1 aromatic carbocycles. The van der Waals surface area contributed by atoms with Crippen LogP contribution in [-0.2, 0) is 16.5 Å². The van der Waals surface area contributed by atoms with E-state index in [1.54, 1.807) is 0 Å². The minimum absolute atomic E-state index is 0.0536. The van der Waals surface area contributed by atoms with Crippen molar-refractivity contribution in [2.45, 2.75) is 134 Å². The minimum atomic E-state index is -4.29. The Balaban J connectivity index is 1.93. The predicted molar refractivity (Wildman–Crippen MR) is 130 cm³/mol. The molecular weight excluding hydrogens is 408 g/mol. The summed E-state index contributed by atoms with van der Waals surface area (Å²) in [5.41, 5.74) is 0.335. The van der Waals surface area contributed by atoms with E-state index < -0.39 is 10.1 Å². The van der Waals surface area contributed by atoms with Gasteiger partial charge in [-0.25, -0.2) is 0 Å². The zero-order valence-corrected chi connectivity index (χ0v) is 20.6. The van der Waals surface area contributed by atoms with Gasteiger partial charge in [0, 0.05) is 5.56 Å². The van der Waals surface area contributed by atoms with E-state index in [1.165, 1.54) is 115 Å². The Kier molecular flexibility index (Phi) is 15.8. The van der Waals surface area contributed by atoms with Crippen LogP contribution in [0.3, 0.4) is 0 Å². The maximum Gasteiger partial charge on any atom is 0.294 e. The lowest BCUT2D eigenvalue weighted by Gasteiger charge is -2.09. The Morgan fingerprint density at radius 3 is 1.42 bits per heavy atom. The fraction of sp³-hybridized carbons (Fsp3) is 0.769. The predicted octanol–water partition coefficient (Wildman–Crippen LogP) is 8.22. The Labute approximate surface area is 191 Å². The summed E-state index contributed by atoms with van der Waals surface area (Å²) in [6.07, 6.45) is 23.9. The number of hydrogen-bond donors (Lipinski definition) is 2. The van der Waals surface area contributed by atoms with Crippen LogP contribution in [0.1, 0.15) is 128 Å². The highest BCUT2D eigenvalue weighted by atomic mass is 32.2. The van der Waals surface area contributed by atoms with Gasteiger partial charge in [-0.2, -0.15) is 8.42 Å². The molecule has 31 heavy (non-hydrogen) atoms. The van der Waals surface area contributed by atoms with Crippen LogP contribution in [0.4, 0.5) is 0 Å². The van der Waals surface area contributed by atoms with E-state index in [2.05, 4.69) is 6.92 Å². The van der Waals surface area contributed by atoms with Gasteiger partial charge >= 0.3 is 0 Å². The maximum atomic E-state index is 11.4. The van der Waals surface area contributed by atoms with E-state index in [4.69, 9.17) is 0 Å². The molecule has 4 nitrogen and oxygen atoms in total. The lowest BCUT2D eigenvalue weighted by atomic mass is 10.0. The van der Waals surface area contributed by atoms with Crippen molar-refractivity contribution in [1.82, 2.24) is 0 Å². The zero-order chi connectivity index (χ0) is 22.8. The third-order valence-electron chi connectivity index (χ3n) is 6.17. The molecule has 1 rings (SSSR count). The molecule has 0 saturated carbocycles. The van der Waals surface area contributed by atoms with Gasteiger partial charge in [-0.3, -0.25) is 4.55 Å². The van der Waals surface area contributed by atoms with E-state index in [0.717, 1.165) is 19.3 Å². The van der Waals surface area contributed by atoms with E-state index >= 15 is 0 Å². The second-order valence-electron chi connectivity index (χ2n) is 8.99. The molecule has 0 bridgehead atoms. The van der Waals surface area contributed by atoms with Gasteiger partial charge in [-0.1, -0.05) is 122 Å². The fourth-order valence-electron chi connectivity index (χ4n) is 4.25. The molecule has 0 fully saturated rings. The molecule has 0 amide bonds. The summed E-state index contributed by atoms with van der Waals surface area (Å²) < 4.78 is 32.2. The molecule has 0 atom stereocenters. The van der Waals surface area contributed by atoms with Crippen LogP contribution in [0.2, 0.25) is 0 Å². The zero-order valence-electron chi connectivity index (χ0n) is 19.8. The average Bonchev–Trinajstić information content (AvgIpc) is 2.73. The first kappa shape index (κ1) is 28.0. The highest BCUT2D eigenvalue weighted by Crippen LogP contribution is 2.27. The Morgan fingerprint density at radius 1 is 0.645 bits per heavy atom. The maximum absolute atomic E-state index is 11.4. The first-order valence-corrected chi connectivity index (χ1v) is 14.2. The normalized spacial score (nSPS) is 11.8. The van der Waals surface area contributed by atoms with Crippen LogP contribution in [0.25, 0.3) is 0 Å². The quantitative estimate of drug-likeness (QED) is 0.154. The van der Waals surface area contributed by atoms with Gasteiger partial charge in [0.15, 0.2) is 0 Å². The van der Waals surface area contributed by atoms with Crippen molar-refractivity contribution in [1.29, 1.82) is 0 Å². The first-order chi connectivity index (χ1) is 15.0. The molecular formula is C26H46O4S. The molecule has 0 radical (unpaired) electrons. The lowest BCUT2D eigenvalue weighted by molar-refractivity contribution is 0.455. The van der Waals surface area contributed by atoms with Crippen LogP contribution in [0.5, 0.6) is 5.75 Å². The van der Waals surface area contributed by atoms with Crippen molar-refractivity contribution in [2.24, 2.45) is 0 Å². The first-order valence-electron chi connectivity index (χ1n) is 12.7. The van der Waals surface area contributed by atoms with Gasteiger partial charge in [0.05, 0.1) is 0 Å². The molecule has 0 unspecified atom stereocenters. The molecule has 5 heteroatoms. The fourth-order valence-corrected chi connectivity index (χ4v) is 5.02. The Bertz CT molecular complexity index is 670. The average molecular weight is 455 g/mol. The van der Waals surface area contributed by atoms with Crippen molar-refractivity contribution < 1.29 is 18.1 Å². The molecule has 0 saturated heterocycles. The molecule has 0 aromatic heterocycles. The van der Waals surface area contributed by atoms with Crippen LogP contribution in [0.15, 0.2) is 23.1 Å². The smallest absolute Gasteiger partial charge is 0.294 e. The van der Waals surface area contributed by atoms with E-state index in [1.807, 2.05) is 0 Å². The third kappa shape index (κ3) is 13.8. The minimum Gasteiger partial charge on any atom is -0.508 e. The Morgan fingerprint density at radius 2 is 1.03 bits per heavy atom. The van der Waals surface area contributed by atoms with Gasteiger partial charge in [0.1, 0.15) is 10.6 Å². The summed E-state index contributed by atoms with van der Waals surface area (Å²) >= 11 is 0. The summed E-state index contributed by atoms with van der Waals surface area (Å²) in [6, 6.07) is 4.26. The third-order valence-corrected chi connectivity index (χ3v) is 7.10. The largest absolute Gasteiger partial charge is 0.508 e. The lowest BCUT2D eigenvalue weighted by Crippen LogP contribution is -2.03. The summed E-state index contributed by atoms with van der Waals surface area (Å²) in [5.74, 6) is -0.0536. The van der Waals surface area contributed by atoms with E-state index in [0.29, 0.717) is 12.0 Å². The molecule has 180 valence electrons. The van der Waals surface area contributed by atoms with Crippen molar-refractivity contribution in [3.8, 4) is 5.75 Å². The SMILES string of the molecule is CCCCCCCCCCCCCCCCCCCCc1c(O)cccc1S(=O)(=O)O. The van der Waals surface area contributed by atoms with Crippen LogP contribution < -0.4 is 0 Å². The van der Waals surface area contributed by atoms with Crippen molar-refractivity contribution >= 4 is 10.1 Å². The second kappa shape index (κ2) is 17.5. The summed E-state index contributed by atoms with van der Waals surface area (Å²) in [4.78, 5) is -0.167. The number of rotatable bonds is 20. The number of phenols is 1. The molecule has 2 N–H and O–H groups in total. The standard InChI is InChI=1S/C26H46O4S/c1-2-3-4-5-6-7-8-9-10-11-12-13-14-15-16-17-18-19-21-24-25(27)22-20-23-26(24)31(28,29)30/h20,22-23,27H,2-19,21H2,1H3,(H,28,29,30). The van der Waals surface area contributed by atoms with Gasteiger partial charge in [0.25, 0.3) is 10.1 Å². The Hall–Kier alpha value is -1.07. The van der Waals surface area contributed by atoms with Crippen LogP contribution in [-0.4, -0.2) is 18.1 Å². The van der Waals surface area contributed by atoms with Crippen molar-refractivity contribution in [2.75, 3.05) is 0 Å². The summed E-state index contributed by atoms with van der Waals surface area (Å²) in [7, 11) is -4.29. The van der Waals surface area contributed by atoms with Crippen LogP contribution in [0, 0.1) is 0 Å². The number of unbranched alkanes of at least 4 members (excludes halogenated alkanes) is 17. The monoisotopic (exact) mass is 454 g/mol. The van der Waals surface area contributed by atoms with Gasteiger partial charge in [-0.15, -0.1) is 0 Å². The van der Waals surface area contributed by atoms with Crippen molar-refractivity contribution in [3.05, 3.63) is 23.8 Å². The number of benzene rings is 1. The molecule has 0 aliphatic carbocycles.